The fourth-order valence-electron chi connectivity index (χ4n) is 2.73. The number of hydrogen-bond donors (Lipinski definition) is 0. The van der Waals surface area contributed by atoms with Gasteiger partial charge in [0.1, 0.15) is 0 Å². The van der Waals surface area contributed by atoms with Crippen molar-refractivity contribution in [3.8, 4) is 5.75 Å². The third-order valence-corrected chi connectivity index (χ3v) is 6.47. The number of hydrogen-bond acceptors (Lipinski definition) is 6. The van der Waals surface area contributed by atoms with Crippen molar-refractivity contribution in [3.63, 3.8) is 0 Å². The highest BCUT2D eigenvalue weighted by Gasteiger charge is 2.21. The van der Waals surface area contributed by atoms with E-state index in [2.05, 4.69) is 24.0 Å². The Balaban J connectivity index is 1.56. The molecule has 0 spiro atoms. The summed E-state index contributed by atoms with van der Waals surface area (Å²) in [5, 5.41) is 3.83. The zero-order valence-corrected chi connectivity index (χ0v) is 17.9. The molecule has 0 amide bonds. The first-order valence-corrected chi connectivity index (χ1v) is 11.0. The Bertz CT molecular complexity index is 1080. The minimum absolute atomic E-state index is 0.0791. The SMILES string of the molecule is CC(C)c1ccc(S(=O)(=O)N(C)CCc2noc(COc3ccccc3F)n2)cc1. The molecule has 7 nitrogen and oxygen atoms in total. The van der Waals surface area contributed by atoms with Gasteiger partial charge in [-0.2, -0.15) is 4.98 Å². The number of benzene rings is 2. The monoisotopic (exact) mass is 433 g/mol. The molecule has 0 fully saturated rings. The van der Waals surface area contributed by atoms with Crippen molar-refractivity contribution in [2.24, 2.45) is 0 Å². The molecular weight excluding hydrogens is 409 g/mol. The van der Waals surface area contributed by atoms with Crippen LogP contribution >= 0.6 is 0 Å². The maximum atomic E-state index is 13.6. The van der Waals surface area contributed by atoms with Gasteiger partial charge in [0.2, 0.25) is 10.0 Å². The topological polar surface area (TPSA) is 85.5 Å². The Morgan fingerprint density at radius 2 is 1.83 bits per heavy atom. The van der Waals surface area contributed by atoms with Gasteiger partial charge < -0.3 is 9.26 Å². The third kappa shape index (κ3) is 5.22. The molecule has 0 saturated heterocycles. The predicted octanol–water partition coefficient (Wildman–Crippen LogP) is 3.77. The number of nitrogens with zero attached hydrogens (tertiary/aromatic N) is 3. The molecule has 0 unspecified atom stereocenters. The number of halogens is 1. The van der Waals surface area contributed by atoms with Crippen LogP contribution in [0, 0.1) is 5.82 Å². The Morgan fingerprint density at radius 3 is 2.50 bits per heavy atom. The number of sulfonamides is 1. The van der Waals surface area contributed by atoms with Crippen LogP contribution in [0.4, 0.5) is 4.39 Å². The molecule has 0 atom stereocenters. The summed E-state index contributed by atoms with van der Waals surface area (Å²) in [6.45, 7) is 4.21. The smallest absolute Gasteiger partial charge is 0.264 e. The van der Waals surface area contributed by atoms with Crippen LogP contribution in [-0.2, 0) is 23.1 Å². The van der Waals surface area contributed by atoms with Crippen LogP contribution in [0.1, 0.15) is 37.0 Å². The summed E-state index contributed by atoms with van der Waals surface area (Å²) in [6.07, 6.45) is 0.267. The van der Waals surface area contributed by atoms with E-state index in [4.69, 9.17) is 9.26 Å². The van der Waals surface area contributed by atoms with Crippen LogP contribution in [0.25, 0.3) is 0 Å². The average Bonchev–Trinajstić information content (AvgIpc) is 3.19. The van der Waals surface area contributed by atoms with Gasteiger partial charge in [-0.05, 0) is 35.7 Å². The number of ether oxygens (including phenoxy) is 1. The molecule has 1 aromatic heterocycles. The molecule has 0 aliphatic rings. The van der Waals surface area contributed by atoms with Gasteiger partial charge in [0.15, 0.2) is 24.0 Å². The highest BCUT2D eigenvalue weighted by atomic mass is 32.2. The van der Waals surface area contributed by atoms with Crippen molar-refractivity contribution in [1.82, 2.24) is 14.4 Å². The number of aromatic nitrogens is 2. The molecule has 0 bridgehead atoms. The summed E-state index contributed by atoms with van der Waals surface area (Å²) in [5.41, 5.74) is 1.08. The second kappa shape index (κ2) is 9.36. The Morgan fingerprint density at radius 1 is 1.13 bits per heavy atom. The predicted molar refractivity (Wildman–Crippen MR) is 109 cm³/mol. The maximum Gasteiger partial charge on any atom is 0.264 e. The molecule has 160 valence electrons. The lowest BCUT2D eigenvalue weighted by atomic mass is 10.0. The van der Waals surface area contributed by atoms with Crippen molar-refractivity contribution in [2.45, 2.75) is 37.7 Å². The number of likely N-dealkylation sites (N-methyl/N-ethyl adjacent to an activating group) is 1. The first-order chi connectivity index (χ1) is 14.3. The normalized spacial score (nSPS) is 11.9. The van der Waals surface area contributed by atoms with E-state index in [-0.39, 0.29) is 36.1 Å². The zero-order valence-electron chi connectivity index (χ0n) is 17.1. The first-order valence-electron chi connectivity index (χ1n) is 9.52. The quantitative estimate of drug-likeness (QED) is 0.511. The molecule has 0 aliphatic carbocycles. The lowest BCUT2D eigenvalue weighted by Crippen LogP contribution is -2.29. The minimum Gasteiger partial charge on any atom is -0.481 e. The molecule has 3 aromatic rings. The van der Waals surface area contributed by atoms with Crippen LogP contribution in [0.2, 0.25) is 0 Å². The van der Waals surface area contributed by atoms with E-state index in [1.807, 2.05) is 12.1 Å². The fourth-order valence-corrected chi connectivity index (χ4v) is 3.91. The van der Waals surface area contributed by atoms with E-state index < -0.39 is 15.8 Å². The molecular formula is C21H24FN3O4S. The highest BCUT2D eigenvalue weighted by molar-refractivity contribution is 7.89. The van der Waals surface area contributed by atoms with Gasteiger partial charge in [-0.25, -0.2) is 17.1 Å². The van der Waals surface area contributed by atoms with Crippen LogP contribution in [0.15, 0.2) is 57.9 Å². The molecule has 1 heterocycles. The van der Waals surface area contributed by atoms with E-state index >= 15 is 0 Å². The van der Waals surface area contributed by atoms with Gasteiger partial charge >= 0.3 is 0 Å². The lowest BCUT2D eigenvalue weighted by molar-refractivity contribution is 0.234. The van der Waals surface area contributed by atoms with Gasteiger partial charge in [0, 0.05) is 20.0 Å². The molecule has 0 radical (unpaired) electrons. The minimum atomic E-state index is -3.61. The second-order valence-corrected chi connectivity index (χ2v) is 9.17. The average molecular weight is 434 g/mol. The van der Waals surface area contributed by atoms with E-state index in [0.717, 1.165) is 5.56 Å². The van der Waals surface area contributed by atoms with Crippen LogP contribution in [0.5, 0.6) is 5.75 Å². The molecule has 0 saturated carbocycles. The molecule has 30 heavy (non-hydrogen) atoms. The van der Waals surface area contributed by atoms with E-state index in [0.29, 0.717) is 11.7 Å². The van der Waals surface area contributed by atoms with Crippen LogP contribution in [-0.4, -0.2) is 36.5 Å². The van der Waals surface area contributed by atoms with Gasteiger partial charge in [0.05, 0.1) is 4.90 Å². The standard InChI is InChI=1S/C21H24FN3O4S/c1-15(2)16-8-10-17(11-9-16)30(26,27)25(3)13-12-20-23-21(29-24-20)14-28-19-7-5-4-6-18(19)22/h4-11,15H,12-14H2,1-3H3. The van der Waals surface area contributed by atoms with Crippen molar-refractivity contribution >= 4 is 10.0 Å². The maximum absolute atomic E-state index is 13.6. The van der Waals surface area contributed by atoms with Crippen molar-refractivity contribution < 1.29 is 22.1 Å². The fraction of sp³-hybridized carbons (Fsp3) is 0.333. The van der Waals surface area contributed by atoms with Crippen molar-refractivity contribution in [2.75, 3.05) is 13.6 Å². The summed E-state index contributed by atoms with van der Waals surface area (Å²) in [6, 6.07) is 12.9. The van der Waals surface area contributed by atoms with E-state index in [9.17, 15) is 12.8 Å². The highest BCUT2D eigenvalue weighted by Crippen LogP contribution is 2.20. The molecule has 3 rings (SSSR count). The largest absolute Gasteiger partial charge is 0.481 e. The Labute approximate surface area is 175 Å². The summed E-state index contributed by atoms with van der Waals surface area (Å²) in [7, 11) is -2.11. The Hall–Kier alpha value is -2.78. The van der Waals surface area contributed by atoms with Crippen LogP contribution in [0.3, 0.4) is 0 Å². The van der Waals surface area contributed by atoms with Crippen LogP contribution < -0.4 is 4.74 Å². The summed E-state index contributed by atoms with van der Waals surface area (Å²) >= 11 is 0. The molecule has 0 N–H and O–H groups in total. The van der Waals surface area contributed by atoms with Gasteiger partial charge in [-0.1, -0.05) is 43.3 Å². The Kier molecular flexibility index (Phi) is 6.84. The van der Waals surface area contributed by atoms with E-state index in [1.54, 1.807) is 24.3 Å². The molecule has 9 heteroatoms. The van der Waals surface area contributed by atoms with Crippen molar-refractivity contribution in [3.05, 3.63) is 71.6 Å². The summed E-state index contributed by atoms with van der Waals surface area (Å²) in [4.78, 5) is 4.40. The van der Waals surface area contributed by atoms with Crippen molar-refractivity contribution in [1.29, 1.82) is 0 Å². The second-order valence-electron chi connectivity index (χ2n) is 7.12. The van der Waals surface area contributed by atoms with Gasteiger partial charge in [0.25, 0.3) is 5.89 Å². The number of rotatable bonds is 9. The first kappa shape index (κ1) is 21.9. The lowest BCUT2D eigenvalue weighted by Gasteiger charge is -2.17. The van der Waals surface area contributed by atoms with E-state index in [1.165, 1.54) is 23.5 Å². The van der Waals surface area contributed by atoms with Gasteiger partial charge in [-0.15, -0.1) is 0 Å². The molecule has 2 aromatic carbocycles. The number of para-hydroxylation sites is 1. The molecule has 0 aliphatic heterocycles. The summed E-state index contributed by atoms with van der Waals surface area (Å²) < 4.78 is 50.7. The zero-order chi connectivity index (χ0) is 21.7. The van der Waals surface area contributed by atoms with Gasteiger partial charge in [-0.3, -0.25) is 0 Å². The third-order valence-electron chi connectivity index (χ3n) is 4.60. The summed E-state index contributed by atoms with van der Waals surface area (Å²) in [5.74, 6) is 0.466.